The molecule has 2 fully saturated rings. The minimum atomic E-state index is -1.33. The summed E-state index contributed by atoms with van der Waals surface area (Å²) >= 11 is 0. The Morgan fingerprint density at radius 1 is 1.13 bits per heavy atom. The number of ether oxygens (including phenoxy) is 1. The van der Waals surface area contributed by atoms with Gasteiger partial charge in [0, 0.05) is 12.1 Å². The first kappa shape index (κ1) is 21.2. The number of amides is 2. The van der Waals surface area contributed by atoms with Crippen molar-refractivity contribution in [2.75, 3.05) is 5.32 Å². The Morgan fingerprint density at radius 3 is 2.58 bits per heavy atom. The lowest BCUT2D eigenvalue weighted by Crippen LogP contribution is -2.45. The topological polar surface area (TPSA) is 84.5 Å². The predicted octanol–water partition coefficient (Wildman–Crippen LogP) is 3.57. The molecule has 2 aromatic carbocycles. The van der Waals surface area contributed by atoms with Gasteiger partial charge in [-0.3, -0.25) is 14.4 Å². The third kappa shape index (κ3) is 4.26. The zero-order valence-corrected chi connectivity index (χ0v) is 17.9. The van der Waals surface area contributed by atoms with Gasteiger partial charge in [0.2, 0.25) is 11.8 Å². The number of ketones is 1. The average Bonchev–Trinajstić information content (AvgIpc) is 3.27. The van der Waals surface area contributed by atoms with Crippen molar-refractivity contribution in [1.82, 2.24) is 5.32 Å². The molecule has 1 aliphatic heterocycles. The van der Waals surface area contributed by atoms with Crippen molar-refractivity contribution >= 4 is 23.3 Å². The van der Waals surface area contributed by atoms with Gasteiger partial charge in [-0.15, -0.1) is 0 Å². The number of benzene rings is 2. The Kier molecular flexibility index (Phi) is 5.92. The van der Waals surface area contributed by atoms with Crippen LogP contribution in [0.4, 0.5) is 5.69 Å². The molecule has 1 aliphatic carbocycles. The van der Waals surface area contributed by atoms with Gasteiger partial charge in [0.25, 0.3) is 0 Å². The van der Waals surface area contributed by atoms with Crippen LogP contribution in [0.3, 0.4) is 0 Å². The minimum Gasteiger partial charge on any atom is -0.373 e. The maximum absolute atomic E-state index is 13.2. The van der Waals surface area contributed by atoms with Gasteiger partial charge < -0.3 is 15.4 Å². The number of carbonyl (C=O) groups excluding carboxylic acids is 3. The van der Waals surface area contributed by atoms with Gasteiger partial charge in [-0.1, -0.05) is 62.4 Å². The summed E-state index contributed by atoms with van der Waals surface area (Å²) in [6.07, 6.45) is 1.43. The lowest BCUT2D eigenvalue weighted by Gasteiger charge is -2.22. The van der Waals surface area contributed by atoms with E-state index in [9.17, 15) is 14.4 Å². The molecule has 0 bridgehead atoms. The molecule has 162 valence electrons. The molecule has 1 heterocycles. The van der Waals surface area contributed by atoms with E-state index in [0.29, 0.717) is 31.6 Å². The van der Waals surface area contributed by atoms with E-state index in [1.165, 1.54) is 0 Å². The summed E-state index contributed by atoms with van der Waals surface area (Å²) in [4.78, 5) is 38.8. The van der Waals surface area contributed by atoms with Crippen LogP contribution >= 0.6 is 0 Å². The fourth-order valence-electron chi connectivity index (χ4n) is 4.59. The summed E-state index contributed by atoms with van der Waals surface area (Å²) in [5.41, 5.74) is 1.66. The molecule has 2 aromatic rings. The molecule has 6 nitrogen and oxygen atoms in total. The zero-order valence-electron chi connectivity index (χ0n) is 17.9. The predicted molar refractivity (Wildman–Crippen MR) is 117 cm³/mol. The average molecular weight is 421 g/mol. The second kappa shape index (κ2) is 8.63. The molecule has 1 unspecified atom stereocenters. The molecule has 1 saturated heterocycles. The number of para-hydroxylation sites is 1. The monoisotopic (exact) mass is 420 g/mol. The summed E-state index contributed by atoms with van der Waals surface area (Å²) < 4.78 is 5.99. The molecule has 0 aromatic heterocycles. The van der Waals surface area contributed by atoms with Crippen LogP contribution in [0, 0.1) is 5.92 Å². The largest absolute Gasteiger partial charge is 0.373 e. The van der Waals surface area contributed by atoms with Gasteiger partial charge in [0.15, 0.2) is 11.7 Å². The molecule has 3 atom stereocenters. The van der Waals surface area contributed by atoms with Crippen LogP contribution in [0.2, 0.25) is 0 Å². The second-order valence-corrected chi connectivity index (χ2v) is 8.76. The normalized spacial score (nSPS) is 25.3. The van der Waals surface area contributed by atoms with Crippen molar-refractivity contribution < 1.29 is 19.1 Å². The van der Waals surface area contributed by atoms with Crippen LogP contribution in [0.25, 0.3) is 0 Å². The van der Waals surface area contributed by atoms with E-state index >= 15 is 0 Å². The molecule has 2 amide bonds. The Balaban J connectivity index is 1.42. The lowest BCUT2D eigenvalue weighted by molar-refractivity contribution is -0.135. The van der Waals surface area contributed by atoms with E-state index in [1.807, 2.05) is 62.4 Å². The molecule has 6 heteroatoms. The standard InChI is InChI=1S/C25H28N2O4/c1-16(2)19-10-6-7-11-20(19)26-23(29)21-22(28)25(27-24(21)30)13-12-18(14-25)31-15-17-8-4-3-5-9-17/h3-11,16,18,21H,12-15H2,1-2H3,(H,26,29)(H,27,30)/t18-,21?,25+/m1/s1. The number of rotatable bonds is 6. The molecule has 1 saturated carbocycles. The van der Waals surface area contributed by atoms with Gasteiger partial charge in [-0.25, -0.2) is 0 Å². The minimum absolute atomic E-state index is 0.132. The molecule has 0 radical (unpaired) electrons. The van der Waals surface area contributed by atoms with E-state index < -0.39 is 23.3 Å². The van der Waals surface area contributed by atoms with Crippen LogP contribution in [0.5, 0.6) is 0 Å². The van der Waals surface area contributed by atoms with Crippen molar-refractivity contribution in [1.29, 1.82) is 0 Å². The molecule has 4 rings (SSSR count). The highest BCUT2D eigenvalue weighted by Gasteiger charge is 2.58. The maximum atomic E-state index is 13.2. The Bertz CT molecular complexity index is 988. The molecule has 2 N–H and O–H groups in total. The molecule has 1 spiro atoms. The second-order valence-electron chi connectivity index (χ2n) is 8.76. The van der Waals surface area contributed by atoms with Crippen LogP contribution < -0.4 is 10.6 Å². The fourth-order valence-corrected chi connectivity index (χ4v) is 4.59. The van der Waals surface area contributed by atoms with Crippen molar-refractivity contribution in [2.24, 2.45) is 5.92 Å². The van der Waals surface area contributed by atoms with Crippen molar-refractivity contribution in [3.63, 3.8) is 0 Å². The van der Waals surface area contributed by atoms with Gasteiger partial charge in [-0.2, -0.15) is 0 Å². The number of carbonyl (C=O) groups is 3. The molecular weight excluding hydrogens is 392 g/mol. The fraction of sp³-hybridized carbons (Fsp3) is 0.400. The summed E-state index contributed by atoms with van der Waals surface area (Å²) in [6, 6.07) is 17.3. The van der Waals surface area contributed by atoms with Crippen LogP contribution in [-0.4, -0.2) is 29.2 Å². The third-order valence-electron chi connectivity index (χ3n) is 6.26. The third-order valence-corrected chi connectivity index (χ3v) is 6.26. The van der Waals surface area contributed by atoms with E-state index in [2.05, 4.69) is 10.6 Å². The highest BCUT2D eigenvalue weighted by atomic mass is 16.5. The van der Waals surface area contributed by atoms with Gasteiger partial charge in [0.1, 0.15) is 5.54 Å². The zero-order chi connectivity index (χ0) is 22.0. The maximum Gasteiger partial charge on any atom is 0.244 e. The number of Topliss-reactive ketones (excluding diaryl/α,β-unsaturated/α-hetero) is 1. The quantitative estimate of drug-likeness (QED) is 0.700. The number of hydrogen-bond donors (Lipinski definition) is 2. The molecule has 31 heavy (non-hydrogen) atoms. The SMILES string of the molecule is CC(C)c1ccccc1NC(=O)C1C(=O)N[C@]2(CC[C@@H](OCc3ccccc3)C2)C1=O. The van der Waals surface area contributed by atoms with Crippen molar-refractivity contribution in [3.8, 4) is 0 Å². The summed E-state index contributed by atoms with van der Waals surface area (Å²) in [5, 5.41) is 5.64. The van der Waals surface area contributed by atoms with Crippen LogP contribution in [0.15, 0.2) is 54.6 Å². The Morgan fingerprint density at radius 2 is 1.84 bits per heavy atom. The van der Waals surface area contributed by atoms with E-state index in [0.717, 1.165) is 11.1 Å². The molecule has 2 aliphatic rings. The highest BCUT2D eigenvalue weighted by molar-refractivity contribution is 6.28. The van der Waals surface area contributed by atoms with Crippen LogP contribution in [0.1, 0.15) is 50.2 Å². The highest BCUT2D eigenvalue weighted by Crippen LogP contribution is 2.39. The van der Waals surface area contributed by atoms with E-state index in [1.54, 1.807) is 6.07 Å². The van der Waals surface area contributed by atoms with Gasteiger partial charge in [0.05, 0.1) is 12.7 Å². The first-order chi connectivity index (χ1) is 14.9. The number of anilines is 1. The van der Waals surface area contributed by atoms with E-state index in [4.69, 9.17) is 4.74 Å². The van der Waals surface area contributed by atoms with E-state index in [-0.39, 0.29) is 17.8 Å². The first-order valence-electron chi connectivity index (χ1n) is 10.8. The first-order valence-corrected chi connectivity index (χ1v) is 10.8. The smallest absolute Gasteiger partial charge is 0.244 e. The van der Waals surface area contributed by atoms with Gasteiger partial charge >= 0.3 is 0 Å². The summed E-state index contributed by atoms with van der Waals surface area (Å²) in [6.45, 7) is 4.52. The lowest BCUT2D eigenvalue weighted by atomic mass is 9.88. The van der Waals surface area contributed by atoms with Crippen LogP contribution in [-0.2, 0) is 25.7 Å². The Labute approximate surface area is 182 Å². The van der Waals surface area contributed by atoms with Crippen molar-refractivity contribution in [3.05, 3.63) is 65.7 Å². The van der Waals surface area contributed by atoms with Gasteiger partial charge in [-0.05, 0) is 36.0 Å². The summed E-state index contributed by atoms with van der Waals surface area (Å²) in [7, 11) is 0. The summed E-state index contributed by atoms with van der Waals surface area (Å²) in [5.74, 6) is -2.56. The number of hydrogen-bond acceptors (Lipinski definition) is 4. The Hall–Kier alpha value is -2.99. The number of nitrogens with one attached hydrogen (secondary N) is 2. The molecular formula is C25H28N2O4. The van der Waals surface area contributed by atoms with Crippen molar-refractivity contribution in [2.45, 2.75) is 57.3 Å².